The van der Waals surface area contributed by atoms with Gasteiger partial charge in [-0.1, -0.05) is 11.6 Å². The quantitative estimate of drug-likeness (QED) is 0.833. The van der Waals surface area contributed by atoms with Crippen LogP contribution in [0.15, 0.2) is 30.7 Å². The molecule has 0 aromatic carbocycles. The number of hydrogen-bond donors (Lipinski definition) is 0. The van der Waals surface area contributed by atoms with Gasteiger partial charge in [0.15, 0.2) is 0 Å². The van der Waals surface area contributed by atoms with Crippen LogP contribution in [-0.4, -0.2) is 28.0 Å². The fraction of sp³-hybridized carbons (Fsp3) is 0.308. The zero-order valence-corrected chi connectivity index (χ0v) is 10.6. The molecule has 0 spiro atoms. The molecule has 1 fully saturated rings. The van der Waals surface area contributed by atoms with Gasteiger partial charge in [0.05, 0.1) is 18.1 Å². The lowest BCUT2D eigenvalue weighted by molar-refractivity contribution is 0.949. The zero-order valence-electron chi connectivity index (χ0n) is 9.88. The Morgan fingerprint density at radius 2 is 1.94 bits per heavy atom. The Kier molecular flexibility index (Phi) is 3.11. The number of halogens is 1. The summed E-state index contributed by atoms with van der Waals surface area (Å²) in [5.74, 6) is 0. The fourth-order valence-corrected chi connectivity index (χ4v) is 2.34. The predicted octanol–water partition coefficient (Wildman–Crippen LogP) is 2.79. The van der Waals surface area contributed by atoms with Gasteiger partial charge >= 0.3 is 0 Å². The molecule has 5 heteroatoms. The van der Waals surface area contributed by atoms with Gasteiger partial charge in [0.25, 0.3) is 0 Å². The van der Waals surface area contributed by atoms with Crippen molar-refractivity contribution in [3.63, 3.8) is 0 Å². The molecule has 2 aromatic rings. The third kappa shape index (κ3) is 2.29. The van der Waals surface area contributed by atoms with Crippen LogP contribution in [0, 0.1) is 0 Å². The molecule has 0 unspecified atom stereocenters. The minimum absolute atomic E-state index is 0.390. The average molecular weight is 261 g/mol. The standard InChI is InChI=1S/C13H13ClN4/c14-13-9-15-8-12(17-13)11-7-10(3-4-16-11)18-5-1-2-6-18/h3-4,7-9H,1-2,5-6H2. The molecule has 0 aliphatic carbocycles. The minimum atomic E-state index is 0.390. The minimum Gasteiger partial charge on any atom is -0.371 e. The van der Waals surface area contributed by atoms with Crippen molar-refractivity contribution in [1.29, 1.82) is 0 Å². The molecule has 1 aliphatic heterocycles. The van der Waals surface area contributed by atoms with E-state index in [2.05, 4.69) is 19.9 Å². The first-order valence-electron chi connectivity index (χ1n) is 6.02. The van der Waals surface area contributed by atoms with Crippen LogP contribution in [0.1, 0.15) is 12.8 Å². The highest BCUT2D eigenvalue weighted by molar-refractivity contribution is 6.29. The molecular weight excluding hydrogens is 248 g/mol. The molecule has 3 rings (SSSR count). The maximum Gasteiger partial charge on any atom is 0.148 e. The van der Waals surface area contributed by atoms with Crippen LogP contribution < -0.4 is 4.90 Å². The summed E-state index contributed by atoms with van der Waals surface area (Å²) in [5, 5.41) is 0.390. The molecule has 1 saturated heterocycles. The van der Waals surface area contributed by atoms with Crippen LogP contribution in [0.25, 0.3) is 11.4 Å². The van der Waals surface area contributed by atoms with Crippen LogP contribution in [0.2, 0.25) is 5.15 Å². The van der Waals surface area contributed by atoms with E-state index in [1.54, 1.807) is 6.20 Å². The first kappa shape index (κ1) is 11.4. The summed E-state index contributed by atoms with van der Waals surface area (Å²) < 4.78 is 0. The molecule has 0 atom stereocenters. The summed E-state index contributed by atoms with van der Waals surface area (Å²) >= 11 is 5.85. The van der Waals surface area contributed by atoms with Crippen molar-refractivity contribution in [2.75, 3.05) is 18.0 Å². The van der Waals surface area contributed by atoms with Crippen LogP contribution in [0.5, 0.6) is 0 Å². The second-order valence-corrected chi connectivity index (χ2v) is 4.71. The van der Waals surface area contributed by atoms with Crippen molar-refractivity contribution in [3.05, 3.63) is 35.9 Å². The number of anilines is 1. The molecule has 92 valence electrons. The van der Waals surface area contributed by atoms with E-state index < -0.39 is 0 Å². The third-order valence-electron chi connectivity index (χ3n) is 3.08. The molecule has 1 aliphatic rings. The van der Waals surface area contributed by atoms with Crippen molar-refractivity contribution in [2.24, 2.45) is 0 Å². The lowest BCUT2D eigenvalue weighted by atomic mass is 10.2. The largest absolute Gasteiger partial charge is 0.371 e. The first-order valence-corrected chi connectivity index (χ1v) is 6.40. The highest BCUT2D eigenvalue weighted by Crippen LogP contribution is 2.24. The van der Waals surface area contributed by atoms with Crippen LogP contribution >= 0.6 is 11.6 Å². The van der Waals surface area contributed by atoms with Gasteiger partial charge in [-0.2, -0.15) is 0 Å². The van der Waals surface area contributed by atoms with Gasteiger partial charge in [-0.25, -0.2) is 4.98 Å². The summed E-state index contributed by atoms with van der Waals surface area (Å²) in [5.41, 5.74) is 2.72. The fourth-order valence-electron chi connectivity index (χ4n) is 2.20. The van der Waals surface area contributed by atoms with E-state index >= 15 is 0 Å². The second kappa shape index (κ2) is 4.90. The maximum atomic E-state index is 5.85. The Labute approximate surface area is 111 Å². The Bertz CT molecular complexity index is 552. The molecule has 2 aromatic heterocycles. The van der Waals surface area contributed by atoms with Crippen molar-refractivity contribution < 1.29 is 0 Å². The number of nitrogens with zero attached hydrogens (tertiary/aromatic N) is 4. The second-order valence-electron chi connectivity index (χ2n) is 4.32. The lowest BCUT2D eigenvalue weighted by Crippen LogP contribution is -2.17. The summed E-state index contributed by atoms with van der Waals surface area (Å²) in [6.45, 7) is 2.23. The Morgan fingerprint density at radius 3 is 2.72 bits per heavy atom. The van der Waals surface area contributed by atoms with E-state index in [-0.39, 0.29) is 0 Å². The smallest absolute Gasteiger partial charge is 0.148 e. The summed E-state index contributed by atoms with van der Waals surface area (Å²) in [7, 11) is 0. The van der Waals surface area contributed by atoms with Gasteiger partial charge < -0.3 is 4.90 Å². The number of aromatic nitrogens is 3. The van der Waals surface area contributed by atoms with E-state index in [0.717, 1.165) is 18.8 Å². The summed E-state index contributed by atoms with van der Waals surface area (Å²) in [6, 6.07) is 4.08. The van der Waals surface area contributed by atoms with Gasteiger partial charge in [-0.3, -0.25) is 9.97 Å². The van der Waals surface area contributed by atoms with Gasteiger partial charge in [0, 0.05) is 25.0 Å². The molecule has 0 bridgehead atoms. The summed E-state index contributed by atoms with van der Waals surface area (Å²) in [6.07, 6.45) is 7.53. The Hall–Kier alpha value is -1.68. The lowest BCUT2D eigenvalue weighted by Gasteiger charge is -2.17. The van der Waals surface area contributed by atoms with Crippen molar-refractivity contribution >= 4 is 17.3 Å². The van der Waals surface area contributed by atoms with E-state index in [9.17, 15) is 0 Å². The molecule has 4 nitrogen and oxygen atoms in total. The molecule has 3 heterocycles. The average Bonchev–Trinajstić information content (AvgIpc) is 2.93. The van der Waals surface area contributed by atoms with E-state index in [4.69, 9.17) is 11.6 Å². The molecule has 0 N–H and O–H groups in total. The third-order valence-corrected chi connectivity index (χ3v) is 3.26. The van der Waals surface area contributed by atoms with Gasteiger partial charge in [-0.15, -0.1) is 0 Å². The van der Waals surface area contributed by atoms with Gasteiger partial charge in [0.1, 0.15) is 10.8 Å². The summed E-state index contributed by atoms with van der Waals surface area (Å²) in [4.78, 5) is 15.0. The number of hydrogen-bond acceptors (Lipinski definition) is 4. The van der Waals surface area contributed by atoms with Gasteiger partial charge in [-0.05, 0) is 25.0 Å². The topological polar surface area (TPSA) is 41.9 Å². The highest BCUT2D eigenvalue weighted by Gasteiger charge is 2.13. The van der Waals surface area contributed by atoms with Crippen molar-refractivity contribution in [3.8, 4) is 11.4 Å². The Morgan fingerprint density at radius 1 is 1.11 bits per heavy atom. The normalized spacial score (nSPS) is 15.1. The molecule has 0 saturated carbocycles. The molecular formula is C13H13ClN4. The zero-order chi connectivity index (χ0) is 12.4. The van der Waals surface area contributed by atoms with Crippen LogP contribution in [-0.2, 0) is 0 Å². The molecule has 0 amide bonds. The monoisotopic (exact) mass is 260 g/mol. The molecule has 0 radical (unpaired) electrons. The van der Waals surface area contributed by atoms with Crippen LogP contribution in [0.3, 0.4) is 0 Å². The maximum absolute atomic E-state index is 5.85. The van der Waals surface area contributed by atoms with Gasteiger partial charge in [0.2, 0.25) is 0 Å². The SMILES string of the molecule is Clc1cncc(-c2cc(N3CCCC3)ccn2)n1. The predicted molar refractivity (Wildman–Crippen MR) is 71.7 cm³/mol. The molecule has 18 heavy (non-hydrogen) atoms. The van der Waals surface area contributed by atoms with E-state index in [1.165, 1.54) is 24.7 Å². The van der Waals surface area contributed by atoms with Crippen molar-refractivity contribution in [1.82, 2.24) is 15.0 Å². The van der Waals surface area contributed by atoms with Crippen molar-refractivity contribution in [2.45, 2.75) is 12.8 Å². The van der Waals surface area contributed by atoms with E-state index in [0.29, 0.717) is 10.8 Å². The van der Waals surface area contributed by atoms with E-state index in [1.807, 2.05) is 18.3 Å². The van der Waals surface area contributed by atoms with Crippen LogP contribution in [0.4, 0.5) is 5.69 Å². The highest BCUT2D eigenvalue weighted by atomic mass is 35.5. The number of rotatable bonds is 2. The Balaban J connectivity index is 1.95. The first-order chi connectivity index (χ1) is 8.83. The number of pyridine rings is 1.